The van der Waals surface area contributed by atoms with E-state index in [1.807, 2.05) is 6.92 Å². The lowest BCUT2D eigenvalue weighted by Crippen LogP contribution is -2.34. The second kappa shape index (κ2) is 5.82. The quantitative estimate of drug-likeness (QED) is 0.859. The summed E-state index contributed by atoms with van der Waals surface area (Å²) in [4.78, 5) is 8.27. The molecule has 1 aliphatic carbocycles. The predicted octanol–water partition coefficient (Wildman–Crippen LogP) is 1.52. The van der Waals surface area contributed by atoms with Gasteiger partial charge >= 0.3 is 6.01 Å². The first-order valence-corrected chi connectivity index (χ1v) is 6.16. The molecule has 1 aromatic heterocycles. The molecule has 2 unspecified atom stereocenters. The Morgan fingerprint density at radius 1 is 1.47 bits per heavy atom. The van der Waals surface area contributed by atoms with Crippen LogP contribution in [0, 0.1) is 0 Å². The van der Waals surface area contributed by atoms with Crippen LogP contribution in [0.5, 0.6) is 11.9 Å². The first-order chi connectivity index (χ1) is 8.28. The van der Waals surface area contributed by atoms with E-state index in [2.05, 4.69) is 9.97 Å². The third kappa shape index (κ3) is 3.56. The van der Waals surface area contributed by atoms with E-state index >= 15 is 0 Å². The summed E-state index contributed by atoms with van der Waals surface area (Å²) < 4.78 is 11.0. The van der Waals surface area contributed by atoms with Gasteiger partial charge in [0.2, 0.25) is 5.88 Å². The van der Waals surface area contributed by atoms with Gasteiger partial charge in [-0.3, -0.25) is 0 Å². The van der Waals surface area contributed by atoms with Gasteiger partial charge in [0, 0.05) is 18.3 Å². The lowest BCUT2D eigenvalue weighted by atomic mass is 9.94. The molecule has 0 saturated heterocycles. The molecule has 0 amide bonds. The first kappa shape index (κ1) is 12.1. The van der Waals surface area contributed by atoms with Gasteiger partial charge in [0.1, 0.15) is 6.10 Å². The normalized spacial score (nSPS) is 24.4. The monoisotopic (exact) mass is 237 g/mol. The van der Waals surface area contributed by atoms with Crippen LogP contribution in [0.2, 0.25) is 0 Å². The molecule has 1 heterocycles. The number of nitrogens with two attached hydrogens (primary N) is 1. The Hall–Kier alpha value is -1.36. The fourth-order valence-corrected chi connectivity index (χ4v) is 2.05. The van der Waals surface area contributed by atoms with Crippen molar-refractivity contribution in [1.82, 2.24) is 9.97 Å². The Balaban J connectivity index is 1.95. The van der Waals surface area contributed by atoms with Crippen molar-refractivity contribution in [3.63, 3.8) is 0 Å². The first-order valence-electron chi connectivity index (χ1n) is 6.16. The largest absolute Gasteiger partial charge is 0.478 e. The maximum absolute atomic E-state index is 5.91. The number of hydrogen-bond donors (Lipinski definition) is 1. The summed E-state index contributed by atoms with van der Waals surface area (Å²) in [5, 5.41) is 0. The van der Waals surface area contributed by atoms with Crippen molar-refractivity contribution in [3.8, 4) is 11.9 Å². The van der Waals surface area contributed by atoms with Crippen LogP contribution in [0.3, 0.4) is 0 Å². The van der Waals surface area contributed by atoms with Crippen molar-refractivity contribution in [2.75, 3.05) is 6.61 Å². The smallest absolute Gasteiger partial charge is 0.319 e. The Kier molecular flexibility index (Phi) is 4.14. The Morgan fingerprint density at radius 2 is 2.35 bits per heavy atom. The zero-order valence-corrected chi connectivity index (χ0v) is 10.1. The van der Waals surface area contributed by atoms with Crippen molar-refractivity contribution in [3.05, 3.63) is 12.3 Å². The Labute approximate surface area is 101 Å². The van der Waals surface area contributed by atoms with E-state index in [1.165, 1.54) is 0 Å². The highest BCUT2D eigenvalue weighted by atomic mass is 16.5. The van der Waals surface area contributed by atoms with Crippen molar-refractivity contribution in [1.29, 1.82) is 0 Å². The molecule has 0 aliphatic heterocycles. The van der Waals surface area contributed by atoms with Crippen molar-refractivity contribution < 1.29 is 9.47 Å². The summed E-state index contributed by atoms with van der Waals surface area (Å²) in [7, 11) is 0. The van der Waals surface area contributed by atoms with Crippen LogP contribution in [0.4, 0.5) is 0 Å². The van der Waals surface area contributed by atoms with Crippen LogP contribution >= 0.6 is 0 Å². The molecule has 0 bridgehead atoms. The maximum atomic E-state index is 5.91. The molecule has 1 aliphatic rings. The third-order valence-corrected chi connectivity index (χ3v) is 2.84. The van der Waals surface area contributed by atoms with Gasteiger partial charge in [-0.05, 0) is 32.6 Å². The average molecular weight is 237 g/mol. The molecule has 0 aromatic carbocycles. The molecule has 0 radical (unpaired) electrons. The number of ether oxygens (including phenoxy) is 2. The van der Waals surface area contributed by atoms with Gasteiger partial charge in [0.25, 0.3) is 0 Å². The number of rotatable bonds is 4. The zero-order valence-electron chi connectivity index (χ0n) is 10.1. The van der Waals surface area contributed by atoms with Gasteiger partial charge in [-0.1, -0.05) is 0 Å². The predicted molar refractivity (Wildman–Crippen MR) is 64.1 cm³/mol. The Bertz CT molecular complexity index is 359. The van der Waals surface area contributed by atoms with E-state index < -0.39 is 0 Å². The molecule has 2 rings (SSSR count). The van der Waals surface area contributed by atoms with Crippen LogP contribution in [0.15, 0.2) is 12.3 Å². The second-order valence-electron chi connectivity index (χ2n) is 4.28. The highest BCUT2D eigenvalue weighted by Gasteiger charge is 2.21. The van der Waals surface area contributed by atoms with Gasteiger partial charge in [-0.2, -0.15) is 4.98 Å². The zero-order chi connectivity index (χ0) is 12.1. The molecular formula is C12H19N3O2. The van der Waals surface area contributed by atoms with Crippen molar-refractivity contribution in [2.45, 2.75) is 44.8 Å². The molecule has 5 heteroatoms. The van der Waals surface area contributed by atoms with Gasteiger partial charge < -0.3 is 15.2 Å². The minimum atomic E-state index is 0.135. The molecule has 2 N–H and O–H groups in total. The standard InChI is InChI=1S/C12H19N3O2/c1-2-16-11-6-7-14-12(15-11)17-10-5-3-4-9(13)8-10/h6-7,9-10H,2-5,8,13H2,1H3. The SMILES string of the molecule is CCOc1ccnc(OC2CCCC(N)C2)n1. The molecular weight excluding hydrogens is 218 g/mol. The topological polar surface area (TPSA) is 70.3 Å². The summed E-state index contributed by atoms with van der Waals surface area (Å²) in [5.41, 5.74) is 5.91. The van der Waals surface area contributed by atoms with Crippen molar-refractivity contribution in [2.24, 2.45) is 5.73 Å². The minimum Gasteiger partial charge on any atom is -0.478 e. The van der Waals surface area contributed by atoms with Gasteiger partial charge in [-0.25, -0.2) is 4.98 Å². The Morgan fingerprint density at radius 3 is 3.12 bits per heavy atom. The van der Waals surface area contributed by atoms with E-state index in [4.69, 9.17) is 15.2 Å². The fourth-order valence-electron chi connectivity index (χ4n) is 2.05. The molecule has 1 saturated carbocycles. The van der Waals surface area contributed by atoms with Crippen LogP contribution < -0.4 is 15.2 Å². The highest BCUT2D eigenvalue weighted by molar-refractivity contribution is 5.11. The molecule has 1 fully saturated rings. The molecule has 2 atom stereocenters. The lowest BCUT2D eigenvalue weighted by Gasteiger charge is -2.26. The third-order valence-electron chi connectivity index (χ3n) is 2.84. The molecule has 17 heavy (non-hydrogen) atoms. The van der Waals surface area contributed by atoms with E-state index in [9.17, 15) is 0 Å². The van der Waals surface area contributed by atoms with Gasteiger partial charge in [-0.15, -0.1) is 0 Å². The lowest BCUT2D eigenvalue weighted by molar-refractivity contribution is 0.130. The van der Waals surface area contributed by atoms with Crippen molar-refractivity contribution >= 4 is 0 Å². The van der Waals surface area contributed by atoms with Gasteiger partial charge in [0.05, 0.1) is 6.61 Å². The average Bonchev–Trinajstić information content (AvgIpc) is 2.30. The fraction of sp³-hybridized carbons (Fsp3) is 0.667. The highest BCUT2D eigenvalue weighted by Crippen LogP contribution is 2.21. The molecule has 1 aromatic rings. The van der Waals surface area contributed by atoms with E-state index in [-0.39, 0.29) is 12.1 Å². The molecule has 5 nitrogen and oxygen atoms in total. The summed E-state index contributed by atoms with van der Waals surface area (Å²) in [6.45, 7) is 2.51. The second-order valence-corrected chi connectivity index (χ2v) is 4.28. The summed E-state index contributed by atoms with van der Waals surface area (Å²) in [6, 6.07) is 2.35. The number of nitrogens with zero attached hydrogens (tertiary/aromatic N) is 2. The van der Waals surface area contributed by atoms with Gasteiger partial charge in [0.15, 0.2) is 0 Å². The summed E-state index contributed by atoms with van der Waals surface area (Å²) in [5.74, 6) is 0.553. The summed E-state index contributed by atoms with van der Waals surface area (Å²) >= 11 is 0. The van der Waals surface area contributed by atoms with Crippen LogP contribution in [-0.4, -0.2) is 28.7 Å². The molecule has 94 valence electrons. The molecule has 0 spiro atoms. The van der Waals surface area contributed by atoms with Crippen LogP contribution in [-0.2, 0) is 0 Å². The van der Waals surface area contributed by atoms with Crippen LogP contribution in [0.1, 0.15) is 32.6 Å². The number of hydrogen-bond acceptors (Lipinski definition) is 5. The van der Waals surface area contributed by atoms with Crippen LogP contribution in [0.25, 0.3) is 0 Å². The maximum Gasteiger partial charge on any atom is 0.319 e. The minimum absolute atomic E-state index is 0.135. The van der Waals surface area contributed by atoms with E-state index in [0.717, 1.165) is 25.7 Å². The summed E-state index contributed by atoms with van der Waals surface area (Å²) in [6.07, 6.45) is 5.88. The van der Waals surface area contributed by atoms with E-state index in [1.54, 1.807) is 12.3 Å². The number of aromatic nitrogens is 2. The van der Waals surface area contributed by atoms with E-state index in [0.29, 0.717) is 18.5 Å².